The SMILES string of the molecule is COc1ccc(C(=O)CCCC(=O)N2CCN(c3cccc(C)c3)CC2)cc1. The number of hydrogen-bond acceptors (Lipinski definition) is 4. The second-order valence-electron chi connectivity index (χ2n) is 7.21. The van der Waals surface area contributed by atoms with Gasteiger partial charge in [-0.05, 0) is 55.3 Å². The molecular weight excluding hydrogens is 352 g/mol. The van der Waals surface area contributed by atoms with Crippen molar-refractivity contribution in [3.63, 3.8) is 0 Å². The summed E-state index contributed by atoms with van der Waals surface area (Å²) in [5, 5.41) is 0. The van der Waals surface area contributed by atoms with Gasteiger partial charge in [0.1, 0.15) is 5.75 Å². The number of rotatable bonds is 7. The number of carbonyl (C=O) groups is 2. The Kier molecular flexibility index (Phi) is 6.69. The highest BCUT2D eigenvalue weighted by molar-refractivity contribution is 5.96. The average molecular weight is 380 g/mol. The zero-order valence-corrected chi connectivity index (χ0v) is 16.7. The fourth-order valence-corrected chi connectivity index (χ4v) is 3.52. The predicted molar refractivity (Wildman–Crippen MR) is 111 cm³/mol. The Labute approximate surface area is 166 Å². The van der Waals surface area contributed by atoms with Crippen molar-refractivity contribution in [2.24, 2.45) is 0 Å². The number of anilines is 1. The summed E-state index contributed by atoms with van der Waals surface area (Å²) in [5.74, 6) is 0.947. The van der Waals surface area contributed by atoms with E-state index in [1.807, 2.05) is 4.90 Å². The lowest BCUT2D eigenvalue weighted by Gasteiger charge is -2.36. The number of ether oxygens (including phenoxy) is 1. The highest BCUT2D eigenvalue weighted by Gasteiger charge is 2.21. The molecule has 0 N–H and O–H groups in total. The first-order valence-electron chi connectivity index (χ1n) is 9.83. The summed E-state index contributed by atoms with van der Waals surface area (Å²) in [7, 11) is 1.60. The van der Waals surface area contributed by atoms with Crippen LogP contribution in [0.15, 0.2) is 48.5 Å². The topological polar surface area (TPSA) is 49.9 Å². The van der Waals surface area contributed by atoms with Crippen LogP contribution in [0.25, 0.3) is 0 Å². The van der Waals surface area contributed by atoms with E-state index in [0.29, 0.717) is 24.8 Å². The lowest BCUT2D eigenvalue weighted by Crippen LogP contribution is -2.48. The Morgan fingerprint density at radius 3 is 2.32 bits per heavy atom. The smallest absolute Gasteiger partial charge is 0.222 e. The first-order valence-corrected chi connectivity index (χ1v) is 9.83. The van der Waals surface area contributed by atoms with Gasteiger partial charge in [-0.15, -0.1) is 0 Å². The zero-order valence-electron chi connectivity index (χ0n) is 16.7. The molecule has 1 saturated heterocycles. The Balaban J connectivity index is 1.41. The van der Waals surface area contributed by atoms with Crippen molar-refractivity contribution in [2.75, 3.05) is 38.2 Å². The summed E-state index contributed by atoms with van der Waals surface area (Å²) >= 11 is 0. The zero-order chi connectivity index (χ0) is 19.9. The Hall–Kier alpha value is -2.82. The number of ketones is 1. The summed E-state index contributed by atoms with van der Waals surface area (Å²) in [6, 6.07) is 15.6. The third-order valence-corrected chi connectivity index (χ3v) is 5.21. The quantitative estimate of drug-likeness (QED) is 0.687. The fraction of sp³-hybridized carbons (Fsp3) is 0.391. The molecule has 5 nitrogen and oxygen atoms in total. The van der Waals surface area contributed by atoms with Crippen LogP contribution < -0.4 is 9.64 Å². The molecule has 1 aliphatic heterocycles. The van der Waals surface area contributed by atoms with E-state index in [9.17, 15) is 9.59 Å². The van der Waals surface area contributed by atoms with Crippen LogP contribution in [-0.2, 0) is 4.79 Å². The average Bonchev–Trinajstić information content (AvgIpc) is 2.73. The standard InChI is InChI=1S/C23H28N2O3/c1-18-5-3-6-20(17-18)24-13-15-25(16-14-24)23(27)8-4-7-22(26)19-9-11-21(28-2)12-10-19/h3,5-6,9-12,17H,4,7-8,13-16H2,1-2H3. The highest BCUT2D eigenvalue weighted by Crippen LogP contribution is 2.19. The molecule has 148 valence electrons. The van der Waals surface area contributed by atoms with Crippen LogP contribution in [-0.4, -0.2) is 49.9 Å². The first-order chi connectivity index (χ1) is 13.6. The Morgan fingerprint density at radius 2 is 1.68 bits per heavy atom. The fourth-order valence-electron chi connectivity index (χ4n) is 3.52. The summed E-state index contributed by atoms with van der Waals surface area (Å²) < 4.78 is 5.11. The normalized spacial score (nSPS) is 14.1. The highest BCUT2D eigenvalue weighted by atomic mass is 16.5. The van der Waals surface area contributed by atoms with E-state index < -0.39 is 0 Å². The molecule has 2 aromatic carbocycles. The van der Waals surface area contributed by atoms with Gasteiger partial charge in [-0.3, -0.25) is 9.59 Å². The second kappa shape index (κ2) is 9.40. The molecule has 1 heterocycles. The van der Waals surface area contributed by atoms with E-state index >= 15 is 0 Å². The van der Waals surface area contributed by atoms with Crippen LogP contribution in [0.5, 0.6) is 5.75 Å². The van der Waals surface area contributed by atoms with Gasteiger partial charge in [-0.1, -0.05) is 12.1 Å². The minimum atomic E-state index is 0.0692. The van der Waals surface area contributed by atoms with E-state index in [2.05, 4.69) is 36.1 Å². The molecule has 0 unspecified atom stereocenters. The molecule has 0 atom stereocenters. The molecule has 28 heavy (non-hydrogen) atoms. The number of methoxy groups -OCH3 is 1. The van der Waals surface area contributed by atoms with Crippen molar-refractivity contribution < 1.29 is 14.3 Å². The maximum Gasteiger partial charge on any atom is 0.222 e. The maximum absolute atomic E-state index is 12.5. The van der Waals surface area contributed by atoms with Crippen molar-refractivity contribution in [1.82, 2.24) is 4.90 Å². The summed E-state index contributed by atoms with van der Waals surface area (Å²) in [5.41, 5.74) is 3.13. The number of nitrogens with zero attached hydrogens (tertiary/aromatic N) is 2. The molecule has 0 bridgehead atoms. The van der Waals surface area contributed by atoms with Gasteiger partial charge >= 0.3 is 0 Å². The molecular formula is C23H28N2O3. The Bertz CT molecular complexity index is 809. The van der Waals surface area contributed by atoms with Gasteiger partial charge in [0.15, 0.2) is 5.78 Å². The summed E-state index contributed by atoms with van der Waals surface area (Å²) in [4.78, 5) is 29.0. The van der Waals surface area contributed by atoms with Gasteiger partial charge in [-0.2, -0.15) is 0 Å². The molecule has 1 fully saturated rings. The number of hydrogen-bond donors (Lipinski definition) is 0. The van der Waals surface area contributed by atoms with Crippen LogP contribution in [0.3, 0.4) is 0 Å². The molecule has 3 rings (SSSR count). The minimum absolute atomic E-state index is 0.0692. The van der Waals surface area contributed by atoms with Crippen LogP contribution in [0.1, 0.15) is 35.2 Å². The summed E-state index contributed by atoms with van der Waals surface area (Å²) in [6.45, 7) is 5.26. The van der Waals surface area contributed by atoms with E-state index in [1.165, 1.54) is 11.3 Å². The lowest BCUT2D eigenvalue weighted by atomic mass is 10.0. The van der Waals surface area contributed by atoms with E-state index in [4.69, 9.17) is 4.74 Å². The number of Topliss-reactive ketones (excluding diaryl/α,β-unsaturated/α-hetero) is 1. The van der Waals surface area contributed by atoms with Crippen molar-refractivity contribution >= 4 is 17.4 Å². The monoisotopic (exact) mass is 380 g/mol. The van der Waals surface area contributed by atoms with Gasteiger partial charge in [0, 0.05) is 50.3 Å². The molecule has 2 aromatic rings. The maximum atomic E-state index is 12.5. The largest absolute Gasteiger partial charge is 0.497 e. The molecule has 0 spiro atoms. The molecule has 0 saturated carbocycles. The third kappa shape index (κ3) is 5.12. The molecule has 5 heteroatoms. The van der Waals surface area contributed by atoms with Gasteiger partial charge in [0.2, 0.25) is 5.91 Å². The van der Waals surface area contributed by atoms with Crippen molar-refractivity contribution in [3.05, 3.63) is 59.7 Å². The number of benzene rings is 2. The van der Waals surface area contributed by atoms with Gasteiger partial charge in [-0.25, -0.2) is 0 Å². The number of carbonyl (C=O) groups excluding carboxylic acids is 2. The van der Waals surface area contributed by atoms with Gasteiger partial charge in [0.05, 0.1) is 7.11 Å². The van der Waals surface area contributed by atoms with Crippen molar-refractivity contribution in [3.8, 4) is 5.75 Å². The molecule has 1 amide bonds. The second-order valence-corrected chi connectivity index (χ2v) is 7.21. The summed E-state index contributed by atoms with van der Waals surface area (Å²) in [6.07, 6.45) is 1.40. The van der Waals surface area contributed by atoms with E-state index in [1.54, 1.807) is 31.4 Å². The minimum Gasteiger partial charge on any atom is -0.497 e. The molecule has 0 aromatic heterocycles. The lowest BCUT2D eigenvalue weighted by molar-refractivity contribution is -0.131. The number of aryl methyl sites for hydroxylation is 1. The van der Waals surface area contributed by atoms with Gasteiger partial charge in [0.25, 0.3) is 0 Å². The van der Waals surface area contributed by atoms with Crippen LogP contribution in [0.2, 0.25) is 0 Å². The first kappa shape index (κ1) is 19.9. The third-order valence-electron chi connectivity index (χ3n) is 5.21. The van der Waals surface area contributed by atoms with E-state index in [0.717, 1.165) is 31.9 Å². The van der Waals surface area contributed by atoms with Crippen molar-refractivity contribution in [2.45, 2.75) is 26.2 Å². The van der Waals surface area contributed by atoms with Crippen LogP contribution in [0.4, 0.5) is 5.69 Å². The van der Waals surface area contributed by atoms with Crippen molar-refractivity contribution in [1.29, 1.82) is 0 Å². The molecule has 1 aliphatic rings. The number of amides is 1. The molecule has 0 aliphatic carbocycles. The predicted octanol–water partition coefficient (Wildman–Crippen LogP) is 3.71. The Morgan fingerprint density at radius 1 is 0.964 bits per heavy atom. The van der Waals surface area contributed by atoms with Crippen LogP contribution >= 0.6 is 0 Å². The molecule has 0 radical (unpaired) electrons. The van der Waals surface area contributed by atoms with Gasteiger partial charge < -0.3 is 14.5 Å². The van der Waals surface area contributed by atoms with E-state index in [-0.39, 0.29) is 11.7 Å². The number of piperazine rings is 1. The van der Waals surface area contributed by atoms with Crippen LogP contribution in [0, 0.1) is 6.92 Å².